The van der Waals surface area contributed by atoms with Gasteiger partial charge < -0.3 is 5.11 Å². The van der Waals surface area contributed by atoms with Crippen molar-refractivity contribution in [2.24, 2.45) is 5.92 Å². The van der Waals surface area contributed by atoms with Gasteiger partial charge in [0.2, 0.25) is 0 Å². The van der Waals surface area contributed by atoms with Crippen molar-refractivity contribution < 1.29 is 49.4 Å². The van der Waals surface area contributed by atoms with Crippen molar-refractivity contribution in [2.45, 2.75) is 50.4 Å². The molecule has 2 atom stereocenters. The van der Waals surface area contributed by atoms with E-state index in [9.17, 15) is 44.3 Å². The molecule has 1 saturated heterocycles. The number of nitrogens with zero attached hydrogens (tertiary/aromatic N) is 1. The largest absolute Gasteiger partial charge is 0.481 e. The first-order valence-corrected chi connectivity index (χ1v) is 10.5. The number of carbonyl (C=O) groups is 1. The second-order valence-corrected chi connectivity index (χ2v) is 8.51. The normalized spacial score (nSPS) is 20.1. The zero-order chi connectivity index (χ0) is 26.2. The highest BCUT2D eigenvalue weighted by Gasteiger charge is 2.38. The van der Waals surface area contributed by atoms with Crippen molar-refractivity contribution in [1.29, 1.82) is 0 Å². The van der Waals surface area contributed by atoms with Crippen LogP contribution in [0.5, 0.6) is 0 Å². The molecule has 2 unspecified atom stereocenters. The van der Waals surface area contributed by atoms with Gasteiger partial charge in [0.25, 0.3) is 0 Å². The topological polar surface area (TPSA) is 40.5 Å². The van der Waals surface area contributed by atoms with Crippen LogP contribution in [0, 0.1) is 5.92 Å². The fourth-order valence-electron chi connectivity index (χ4n) is 4.29. The molecule has 3 rings (SSSR count). The van der Waals surface area contributed by atoms with E-state index in [0.29, 0.717) is 24.1 Å². The first kappa shape index (κ1) is 26.8. The number of carboxylic acids is 1. The summed E-state index contributed by atoms with van der Waals surface area (Å²) >= 11 is 0. The summed E-state index contributed by atoms with van der Waals surface area (Å²) in [4.78, 5) is 12.7. The Balaban J connectivity index is 1.96. The number of hydrogen-bond acceptors (Lipinski definition) is 2. The van der Waals surface area contributed by atoms with Crippen molar-refractivity contribution in [3.05, 3.63) is 70.3 Å². The van der Waals surface area contributed by atoms with Gasteiger partial charge in [0.05, 0.1) is 16.7 Å². The number of likely N-dealkylation sites (tertiary alicyclic amines) is 1. The van der Waals surface area contributed by atoms with Gasteiger partial charge in [-0.1, -0.05) is 12.1 Å². The lowest BCUT2D eigenvalue weighted by molar-refractivity contribution is -0.143. The highest BCUT2D eigenvalue weighted by molar-refractivity contribution is 5.67. The molecule has 35 heavy (non-hydrogen) atoms. The molecule has 2 aromatic rings. The van der Waals surface area contributed by atoms with E-state index >= 15 is 0 Å². The highest BCUT2D eigenvalue weighted by atomic mass is 19.4. The maximum atomic E-state index is 13.2. The Kier molecular flexibility index (Phi) is 7.45. The average Bonchev–Trinajstić information content (AvgIpc) is 2.72. The Labute approximate surface area is 194 Å². The molecule has 1 fully saturated rings. The zero-order valence-corrected chi connectivity index (χ0v) is 17.9. The van der Waals surface area contributed by atoms with E-state index in [0.717, 1.165) is 12.1 Å². The molecule has 0 aliphatic carbocycles. The summed E-state index contributed by atoms with van der Waals surface area (Å²) in [5, 5.41) is 9.11. The maximum absolute atomic E-state index is 13.2. The van der Waals surface area contributed by atoms with Gasteiger partial charge in [-0.05, 0) is 66.8 Å². The first-order chi connectivity index (χ1) is 16.0. The molecule has 1 aliphatic rings. The molecule has 1 aliphatic heterocycles. The predicted octanol–water partition coefficient (Wildman–Crippen LogP) is 7.17. The number of halogens is 9. The van der Waals surface area contributed by atoms with Crippen LogP contribution < -0.4 is 0 Å². The molecule has 12 heteroatoms. The standard InChI is InChI=1S/C23H20F9NO2/c24-21(25,26)16-3-1-15(2-4-16)19-9-13(10-20(34)35)5-6-33(19)12-14-7-17(22(27,28)29)11-18(8-14)23(30,31)32/h1-4,7-8,11,13,19H,5-6,9-10,12H2,(H,34,35). The van der Waals surface area contributed by atoms with Crippen LogP contribution in [0.3, 0.4) is 0 Å². The molecule has 1 N–H and O–H groups in total. The summed E-state index contributed by atoms with van der Waals surface area (Å²) in [6, 6.07) is 4.61. The Morgan fingerprint density at radius 3 is 1.80 bits per heavy atom. The molecule has 192 valence electrons. The van der Waals surface area contributed by atoms with Gasteiger partial charge in [-0.15, -0.1) is 0 Å². The van der Waals surface area contributed by atoms with Gasteiger partial charge >= 0.3 is 24.5 Å². The summed E-state index contributed by atoms with van der Waals surface area (Å²) in [7, 11) is 0. The SMILES string of the molecule is O=C(O)CC1CCN(Cc2cc(C(F)(F)F)cc(C(F)(F)F)c2)C(c2ccc(C(F)(F)F)cc2)C1. The number of hydrogen-bond donors (Lipinski definition) is 1. The minimum atomic E-state index is -5.02. The van der Waals surface area contributed by atoms with Gasteiger partial charge in [-0.3, -0.25) is 9.69 Å². The van der Waals surface area contributed by atoms with Crippen molar-refractivity contribution in [1.82, 2.24) is 4.90 Å². The Morgan fingerprint density at radius 1 is 0.829 bits per heavy atom. The minimum Gasteiger partial charge on any atom is -0.481 e. The quantitative estimate of drug-likeness (QED) is 0.431. The molecule has 0 amide bonds. The van der Waals surface area contributed by atoms with Crippen LogP contribution in [0.1, 0.15) is 53.1 Å². The third-order valence-electron chi connectivity index (χ3n) is 5.94. The van der Waals surface area contributed by atoms with Crippen LogP contribution >= 0.6 is 0 Å². The monoisotopic (exact) mass is 513 g/mol. The van der Waals surface area contributed by atoms with Crippen molar-refractivity contribution >= 4 is 5.97 Å². The second kappa shape index (κ2) is 9.71. The van der Waals surface area contributed by atoms with E-state index in [4.69, 9.17) is 5.11 Å². The molecular formula is C23H20F9NO2. The number of rotatable bonds is 5. The minimum absolute atomic E-state index is 0.0237. The molecular weight excluding hydrogens is 493 g/mol. The third kappa shape index (κ3) is 6.89. The fraction of sp³-hybridized carbons (Fsp3) is 0.435. The van der Waals surface area contributed by atoms with E-state index in [2.05, 4.69) is 0 Å². The van der Waals surface area contributed by atoms with E-state index in [-0.39, 0.29) is 43.5 Å². The molecule has 1 heterocycles. The van der Waals surface area contributed by atoms with Gasteiger partial charge in [-0.2, -0.15) is 39.5 Å². The number of alkyl halides is 9. The lowest BCUT2D eigenvalue weighted by Crippen LogP contribution is -2.37. The Hall–Kier alpha value is -2.76. The molecule has 2 aromatic carbocycles. The first-order valence-electron chi connectivity index (χ1n) is 10.5. The average molecular weight is 513 g/mol. The third-order valence-corrected chi connectivity index (χ3v) is 5.94. The van der Waals surface area contributed by atoms with E-state index in [1.165, 1.54) is 12.1 Å². The van der Waals surface area contributed by atoms with Gasteiger partial charge in [0.15, 0.2) is 0 Å². The molecule has 0 saturated carbocycles. The molecule has 0 aromatic heterocycles. The van der Waals surface area contributed by atoms with Crippen molar-refractivity contribution in [3.8, 4) is 0 Å². The number of aliphatic carboxylic acids is 1. The lowest BCUT2D eigenvalue weighted by Gasteiger charge is -2.40. The summed E-state index contributed by atoms with van der Waals surface area (Å²) < 4.78 is 118. The van der Waals surface area contributed by atoms with Crippen LogP contribution in [0.4, 0.5) is 39.5 Å². The maximum Gasteiger partial charge on any atom is 0.416 e. The summed E-state index contributed by atoms with van der Waals surface area (Å²) in [5.74, 6) is -1.44. The van der Waals surface area contributed by atoms with Crippen LogP contribution in [-0.2, 0) is 29.9 Å². The molecule has 0 bridgehead atoms. The molecule has 0 radical (unpaired) electrons. The smallest absolute Gasteiger partial charge is 0.416 e. The van der Waals surface area contributed by atoms with Crippen LogP contribution in [0.25, 0.3) is 0 Å². The van der Waals surface area contributed by atoms with Crippen molar-refractivity contribution in [3.63, 3.8) is 0 Å². The van der Waals surface area contributed by atoms with E-state index in [1.807, 2.05) is 0 Å². The second-order valence-electron chi connectivity index (χ2n) is 8.51. The van der Waals surface area contributed by atoms with Gasteiger partial charge in [-0.25, -0.2) is 0 Å². The summed E-state index contributed by atoms with van der Waals surface area (Å²) in [6.45, 7) is -0.195. The fourth-order valence-corrected chi connectivity index (χ4v) is 4.29. The molecule has 0 spiro atoms. The zero-order valence-electron chi connectivity index (χ0n) is 17.9. The van der Waals surface area contributed by atoms with E-state index < -0.39 is 47.2 Å². The van der Waals surface area contributed by atoms with E-state index in [1.54, 1.807) is 4.90 Å². The van der Waals surface area contributed by atoms with Gasteiger partial charge in [0.1, 0.15) is 0 Å². The van der Waals surface area contributed by atoms with Crippen LogP contribution in [0.2, 0.25) is 0 Å². The summed E-state index contributed by atoms with van der Waals surface area (Å²) in [5.41, 5.74) is -3.75. The Bertz CT molecular complexity index is 1010. The van der Waals surface area contributed by atoms with Crippen LogP contribution in [0.15, 0.2) is 42.5 Å². The predicted molar refractivity (Wildman–Crippen MR) is 106 cm³/mol. The number of carboxylic acid groups (broad SMARTS) is 1. The summed E-state index contributed by atoms with van der Waals surface area (Å²) in [6.07, 6.45) is -14.4. The highest BCUT2D eigenvalue weighted by Crippen LogP contribution is 2.40. The van der Waals surface area contributed by atoms with Crippen molar-refractivity contribution in [2.75, 3.05) is 6.54 Å². The Morgan fingerprint density at radius 2 is 1.34 bits per heavy atom. The molecule has 3 nitrogen and oxygen atoms in total. The number of piperidine rings is 1. The lowest BCUT2D eigenvalue weighted by atomic mass is 9.84. The van der Waals surface area contributed by atoms with Gasteiger partial charge in [0, 0.05) is 19.0 Å². The van der Waals surface area contributed by atoms with Crippen LogP contribution in [-0.4, -0.2) is 22.5 Å². The number of benzene rings is 2.